The second-order valence-corrected chi connectivity index (χ2v) is 11.7. The number of urea groups is 1. The van der Waals surface area contributed by atoms with Crippen molar-refractivity contribution in [1.82, 2.24) is 15.4 Å². The molecule has 2 atom stereocenters. The van der Waals surface area contributed by atoms with Crippen LogP contribution in [0.1, 0.15) is 71.7 Å². The number of fused-ring (bicyclic) bond motifs is 2. The van der Waals surface area contributed by atoms with Gasteiger partial charge in [-0.3, -0.25) is 0 Å². The molecule has 3 fully saturated rings. The molecule has 2 aliphatic heterocycles. The van der Waals surface area contributed by atoms with Crippen LogP contribution >= 0.6 is 23.2 Å². The lowest BCUT2D eigenvalue weighted by molar-refractivity contribution is 0.0696. The Kier molecular flexibility index (Phi) is 7.04. The largest absolute Gasteiger partial charge is 0.478 e. The number of carboxylic acid groups (broad SMARTS) is 1. The van der Waals surface area contributed by atoms with Gasteiger partial charge < -0.3 is 25.2 Å². The Morgan fingerprint density at radius 3 is 2.38 bits per heavy atom. The summed E-state index contributed by atoms with van der Waals surface area (Å²) in [4.78, 5) is 26.5. The Labute approximate surface area is 236 Å². The molecule has 10 heteroatoms. The molecule has 3 heterocycles. The van der Waals surface area contributed by atoms with Gasteiger partial charge in [0.1, 0.15) is 11.5 Å². The van der Waals surface area contributed by atoms with E-state index in [0.717, 1.165) is 55.4 Å². The second kappa shape index (κ2) is 10.5. The van der Waals surface area contributed by atoms with Gasteiger partial charge in [0, 0.05) is 47.4 Å². The van der Waals surface area contributed by atoms with Crippen molar-refractivity contribution in [3.8, 4) is 11.3 Å². The number of carboxylic acids is 1. The van der Waals surface area contributed by atoms with Crippen LogP contribution < -0.4 is 10.6 Å². The zero-order chi connectivity index (χ0) is 27.3. The molecule has 1 aromatic heterocycles. The third-order valence-corrected chi connectivity index (χ3v) is 8.85. The smallest absolute Gasteiger partial charge is 0.335 e. The predicted molar refractivity (Wildman–Crippen MR) is 150 cm³/mol. The maximum Gasteiger partial charge on any atom is 0.335 e. The van der Waals surface area contributed by atoms with Gasteiger partial charge in [-0.2, -0.15) is 0 Å². The minimum Gasteiger partial charge on any atom is -0.478 e. The van der Waals surface area contributed by atoms with E-state index in [2.05, 4.69) is 15.8 Å². The number of halogens is 2. The molecular formula is C29H30Cl2N4O4. The van der Waals surface area contributed by atoms with Crippen LogP contribution in [-0.4, -0.2) is 45.3 Å². The summed E-state index contributed by atoms with van der Waals surface area (Å²) in [6, 6.07) is 10.6. The molecule has 39 heavy (non-hydrogen) atoms. The molecule has 8 nitrogen and oxygen atoms in total. The first-order chi connectivity index (χ1) is 18.8. The zero-order valence-corrected chi connectivity index (χ0v) is 23.1. The van der Waals surface area contributed by atoms with Crippen LogP contribution in [0, 0.1) is 6.92 Å². The average Bonchev–Trinajstić information content (AvgIpc) is 3.60. The summed E-state index contributed by atoms with van der Waals surface area (Å²) in [5.41, 5.74) is 3.98. The molecule has 3 aromatic rings. The molecule has 1 aliphatic carbocycles. The molecule has 2 aromatic carbocycles. The monoisotopic (exact) mass is 568 g/mol. The number of piperidine rings is 1. The molecule has 6 rings (SSSR count). The number of rotatable bonds is 7. The summed E-state index contributed by atoms with van der Waals surface area (Å²) in [5.74, 6) is 0.317. The number of amides is 2. The van der Waals surface area contributed by atoms with Crippen molar-refractivity contribution < 1.29 is 19.2 Å². The molecule has 2 unspecified atom stereocenters. The molecule has 0 radical (unpaired) electrons. The predicted octanol–water partition coefficient (Wildman–Crippen LogP) is 6.85. The highest BCUT2D eigenvalue weighted by molar-refractivity contribution is 6.39. The molecule has 3 N–H and O–H groups in total. The summed E-state index contributed by atoms with van der Waals surface area (Å²) < 4.78 is 5.81. The van der Waals surface area contributed by atoms with E-state index in [4.69, 9.17) is 27.7 Å². The van der Waals surface area contributed by atoms with Crippen molar-refractivity contribution in [2.75, 3.05) is 5.32 Å². The number of benzene rings is 2. The molecule has 1 saturated carbocycles. The van der Waals surface area contributed by atoms with Gasteiger partial charge in [0.25, 0.3) is 0 Å². The fraction of sp³-hybridized carbons (Fsp3) is 0.414. The number of anilines is 1. The van der Waals surface area contributed by atoms with Crippen LogP contribution in [-0.2, 0) is 6.54 Å². The first-order valence-electron chi connectivity index (χ1n) is 13.4. The maximum absolute atomic E-state index is 13.3. The highest BCUT2D eigenvalue weighted by atomic mass is 35.5. The van der Waals surface area contributed by atoms with Gasteiger partial charge in [-0.15, -0.1) is 0 Å². The second-order valence-electron chi connectivity index (χ2n) is 10.9. The summed E-state index contributed by atoms with van der Waals surface area (Å²) >= 11 is 13.0. The number of nitrogens with one attached hydrogen (secondary N) is 2. The topological polar surface area (TPSA) is 108 Å². The molecule has 2 amide bonds. The van der Waals surface area contributed by atoms with Crippen LogP contribution in [0.5, 0.6) is 0 Å². The number of aryl methyl sites for hydroxylation is 1. The minimum atomic E-state index is -0.985. The Hall–Kier alpha value is -3.07. The first-order valence-corrected chi connectivity index (χ1v) is 14.1. The van der Waals surface area contributed by atoms with E-state index >= 15 is 0 Å². The summed E-state index contributed by atoms with van der Waals surface area (Å²) in [6.07, 6.45) is 5.82. The number of carbonyl (C=O) groups is 2. The van der Waals surface area contributed by atoms with Crippen LogP contribution in [0.2, 0.25) is 10.0 Å². The van der Waals surface area contributed by atoms with Gasteiger partial charge in [0.15, 0.2) is 0 Å². The molecule has 2 bridgehead atoms. The van der Waals surface area contributed by atoms with E-state index in [-0.39, 0.29) is 29.7 Å². The molecule has 204 valence electrons. The van der Waals surface area contributed by atoms with Crippen LogP contribution in [0.4, 0.5) is 10.5 Å². The Morgan fingerprint density at radius 2 is 1.77 bits per heavy atom. The summed E-state index contributed by atoms with van der Waals surface area (Å²) in [6.45, 7) is 2.40. The van der Waals surface area contributed by atoms with E-state index in [1.165, 1.54) is 6.07 Å². The lowest BCUT2D eigenvalue weighted by Crippen LogP contribution is -2.52. The molecule has 3 aliphatic rings. The summed E-state index contributed by atoms with van der Waals surface area (Å²) in [7, 11) is 0. The van der Waals surface area contributed by atoms with Crippen molar-refractivity contribution >= 4 is 40.9 Å². The van der Waals surface area contributed by atoms with E-state index < -0.39 is 5.97 Å². The van der Waals surface area contributed by atoms with Crippen LogP contribution in [0.3, 0.4) is 0 Å². The molecule has 2 saturated heterocycles. The quantitative estimate of drug-likeness (QED) is 0.287. The van der Waals surface area contributed by atoms with Gasteiger partial charge in [-0.05, 0) is 81.3 Å². The number of aromatic nitrogens is 1. The van der Waals surface area contributed by atoms with Gasteiger partial charge in [-0.1, -0.05) is 34.4 Å². The van der Waals surface area contributed by atoms with Gasteiger partial charge in [0.05, 0.1) is 15.6 Å². The van der Waals surface area contributed by atoms with E-state index in [1.54, 1.807) is 19.1 Å². The Morgan fingerprint density at radius 1 is 1.08 bits per heavy atom. The third kappa shape index (κ3) is 5.13. The van der Waals surface area contributed by atoms with Crippen LogP contribution in [0.15, 0.2) is 40.9 Å². The van der Waals surface area contributed by atoms with Crippen molar-refractivity contribution in [1.29, 1.82) is 0 Å². The van der Waals surface area contributed by atoms with Gasteiger partial charge in [0.2, 0.25) is 0 Å². The third-order valence-electron chi connectivity index (χ3n) is 8.22. The number of hydrogen-bond acceptors (Lipinski definition) is 5. The fourth-order valence-electron chi connectivity index (χ4n) is 6.12. The minimum absolute atomic E-state index is 0.127. The van der Waals surface area contributed by atoms with E-state index in [1.807, 2.05) is 23.1 Å². The average molecular weight is 569 g/mol. The number of aromatic carboxylic acids is 1. The fourth-order valence-corrected chi connectivity index (χ4v) is 6.69. The van der Waals surface area contributed by atoms with Crippen molar-refractivity contribution in [2.24, 2.45) is 0 Å². The van der Waals surface area contributed by atoms with Crippen LogP contribution in [0.25, 0.3) is 11.3 Å². The molecule has 0 spiro atoms. The highest BCUT2D eigenvalue weighted by Crippen LogP contribution is 2.46. The van der Waals surface area contributed by atoms with E-state index in [9.17, 15) is 14.7 Å². The zero-order valence-electron chi connectivity index (χ0n) is 21.5. The SMILES string of the molecule is Cc1cc(C(=O)O)ccc1NC(=O)N1C2CCC1CC(NCc1c(-c3c(Cl)cccc3Cl)noc1C1CC1)C2. The van der Waals surface area contributed by atoms with Crippen molar-refractivity contribution in [3.63, 3.8) is 0 Å². The van der Waals surface area contributed by atoms with Crippen molar-refractivity contribution in [3.05, 3.63) is 68.9 Å². The maximum atomic E-state index is 13.3. The normalized spacial score (nSPS) is 22.2. The Balaban J connectivity index is 1.14. The first kappa shape index (κ1) is 26.2. The number of nitrogens with zero attached hydrogens (tertiary/aromatic N) is 2. The van der Waals surface area contributed by atoms with Crippen molar-refractivity contribution in [2.45, 2.75) is 76.0 Å². The lowest BCUT2D eigenvalue weighted by Gasteiger charge is -2.39. The standard InChI is InChI=1S/C29H30Cl2N4O4/c1-15-11-17(28(36)37)7-10-24(15)33-29(38)35-19-8-9-20(35)13-18(12-19)32-14-21-26(34-39-27(21)16-5-6-16)25-22(30)3-2-4-23(25)31/h2-4,7,10-11,16,18-20,32H,5-6,8-9,12-14H2,1H3,(H,33,38)(H,36,37). The summed E-state index contributed by atoms with van der Waals surface area (Å²) in [5, 5.41) is 21.4. The van der Waals surface area contributed by atoms with Gasteiger partial charge in [-0.25, -0.2) is 9.59 Å². The Bertz CT molecular complexity index is 1400. The molecular weight excluding hydrogens is 539 g/mol. The lowest BCUT2D eigenvalue weighted by atomic mass is 9.96. The number of hydrogen-bond donors (Lipinski definition) is 3. The van der Waals surface area contributed by atoms with Gasteiger partial charge >= 0.3 is 12.0 Å². The number of carbonyl (C=O) groups excluding carboxylic acids is 1. The van der Waals surface area contributed by atoms with E-state index in [0.29, 0.717) is 39.5 Å². The highest BCUT2D eigenvalue weighted by Gasteiger charge is 2.43.